The molecule has 1 heterocycles. The molecule has 0 fully saturated rings. The number of hydrogen-bond donors (Lipinski definition) is 2. The van der Waals surface area contributed by atoms with Gasteiger partial charge >= 0.3 is 0 Å². The Hall–Kier alpha value is -4.17. The highest BCUT2D eigenvalue weighted by molar-refractivity contribution is 7.20. The summed E-state index contributed by atoms with van der Waals surface area (Å²) in [7, 11) is 3.18. The number of anilines is 2. The van der Waals surface area contributed by atoms with Crippen LogP contribution in [0.3, 0.4) is 0 Å². The maximum Gasteiger partial charge on any atom is 0.256 e. The van der Waals surface area contributed by atoms with E-state index < -0.39 is 0 Å². The lowest BCUT2D eigenvalue weighted by Gasteiger charge is -2.07. The summed E-state index contributed by atoms with van der Waals surface area (Å²) in [6, 6.07) is 21.0. The molecule has 4 rings (SSSR count). The fraction of sp³-hybridized carbons (Fsp3) is 0.148. The summed E-state index contributed by atoms with van der Waals surface area (Å²) in [5.41, 5.74) is 8.22. The SMILES string of the molecule is COc1ccc(/C=N/Nc2nc(-c3ccc(C)cc3)c(NC(=O)c3ccc(C)cc3)s2)cc1OC. The summed E-state index contributed by atoms with van der Waals surface area (Å²) >= 11 is 1.32. The number of carbonyl (C=O) groups excluding carboxylic acids is 1. The summed E-state index contributed by atoms with van der Waals surface area (Å²) < 4.78 is 10.6. The molecule has 0 aliphatic rings. The smallest absolute Gasteiger partial charge is 0.256 e. The molecule has 35 heavy (non-hydrogen) atoms. The lowest BCUT2D eigenvalue weighted by molar-refractivity contribution is 0.102. The van der Waals surface area contributed by atoms with Gasteiger partial charge in [0.1, 0.15) is 10.7 Å². The minimum absolute atomic E-state index is 0.192. The molecule has 0 spiro atoms. The normalized spacial score (nSPS) is 10.9. The Morgan fingerprint density at radius 1 is 0.914 bits per heavy atom. The molecule has 0 saturated heterocycles. The number of aryl methyl sites for hydroxylation is 2. The topological polar surface area (TPSA) is 84.8 Å². The van der Waals surface area contributed by atoms with Crippen LogP contribution in [0.4, 0.5) is 10.1 Å². The minimum atomic E-state index is -0.192. The Balaban J connectivity index is 1.58. The van der Waals surface area contributed by atoms with Gasteiger partial charge in [0.25, 0.3) is 5.91 Å². The first-order valence-corrected chi connectivity index (χ1v) is 11.8. The first-order chi connectivity index (χ1) is 17.0. The number of aromatic nitrogens is 1. The molecule has 178 valence electrons. The molecule has 0 atom stereocenters. The molecule has 3 aromatic carbocycles. The third-order valence-electron chi connectivity index (χ3n) is 5.27. The van der Waals surface area contributed by atoms with Gasteiger partial charge in [-0.1, -0.05) is 58.9 Å². The van der Waals surface area contributed by atoms with Crippen LogP contribution in [-0.4, -0.2) is 31.3 Å². The summed E-state index contributed by atoms with van der Waals surface area (Å²) in [5.74, 6) is 1.07. The zero-order valence-electron chi connectivity index (χ0n) is 20.0. The molecule has 0 saturated carbocycles. The maximum absolute atomic E-state index is 12.9. The number of thiazole rings is 1. The monoisotopic (exact) mass is 486 g/mol. The number of nitrogens with one attached hydrogen (secondary N) is 2. The van der Waals surface area contributed by atoms with Gasteiger partial charge in [0, 0.05) is 11.1 Å². The van der Waals surface area contributed by atoms with Gasteiger partial charge in [-0.05, 0) is 49.7 Å². The Kier molecular flexibility index (Phi) is 7.42. The largest absolute Gasteiger partial charge is 0.493 e. The van der Waals surface area contributed by atoms with E-state index in [1.807, 2.05) is 80.6 Å². The molecule has 0 unspecified atom stereocenters. The standard InChI is InChI=1S/C27H26N4O3S/c1-17-5-10-20(11-6-17)24-26(30-25(32)21-12-7-18(2)8-13-21)35-27(29-24)31-28-16-19-9-14-22(33-3)23(15-19)34-4/h5-16H,1-4H3,(H,29,31)(H,30,32)/b28-16+. The third kappa shape index (κ3) is 5.85. The molecule has 0 bridgehead atoms. The summed E-state index contributed by atoms with van der Waals surface area (Å²) in [5, 5.41) is 8.52. The van der Waals surface area contributed by atoms with Crippen molar-refractivity contribution in [1.29, 1.82) is 0 Å². The van der Waals surface area contributed by atoms with Crippen molar-refractivity contribution in [3.8, 4) is 22.8 Å². The Labute approximate surface area is 208 Å². The van der Waals surface area contributed by atoms with E-state index in [1.54, 1.807) is 20.4 Å². The van der Waals surface area contributed by atoms with Gasteiger partial charge in [0.15, 0.2) is 11.5 Å². The van der Waals surface area contributed by atoms with Crippen molar-refractivity contribution in [1.82, 2.24) is 4.98 Å². The maximum atomic E-state index is 12.9. The predicted octanol–water partition coefficient (Wildman–Crippen LogP) is 6.14. The molecule has 7 nitrogen and oxygen atoms in total. The molecule has 0 aliphatic heterocycles. The molecular formula is C27H26N4O3S. The van der Waals surface area contributed by atoms with Crippen molar-refractivity contribution < 1.29 is 14.3 Å². The molecule has 0 radical (unpaired) electrons. The first kappa shape index (κ1) is 24.0. The number of benzene rings is 3. The van der Waals surface area contributed by atoms with E-state index in [1.165, 1.54) is 11.3 Å². The van der Waals surface area contributed by atoms with Crippen molar-refractivity contribution in [3.05, 3.63) is 89.0 Å². The van der Waals surface area contributed by atoms with Crippen LogP contribution in [0, 0.1) is 13.8 Å². The number of rotatable bonds is 8. The highest BCUT2D eigenvalue weighted by atomic mass is 32.1. The van der Waals surface area contributed by atoms with E-state index in [2.05, 4.69) is 15.8 Å². The second-order valence-electron chi connectivity index (χ2n) is 7.87. The number of ether oxygens (including phenoxy) is 2. The minimum Gasteiger partial charge on any atom is -0.493 e. The summed E-state index contributed by atoms with van der Waals surface area (Å²) in [6.45, 7) is 4.02. The van der Waals surface area contributed by atoms with Crippen molar-refractivity contribution in [2.75, 3.05) is 25.0 Å². The van der Waals surface area contributed by atoms with Gasteiger partial charge in [-0.25, -0.2) is 4.98 Å². The zero-order valence-corrected chi connectivity index (χ0v) is 20.8. The van der Waals surface area contributed by atoms with Crippen LogP contribution in [0.1, 0.15) is 27.0 Å². The first-order valence-electron chi connectivity index (χ1n) is 10.9. The highest BCUT2D eigenvalue weighted by Gasteiger charge is 2.16. The van der Waals surface area contributed by atoms with E-state index in [0.29, 0.717) is 32.9 Å². The van der Waals surface area contributed by atoms with Gasteiger partial charge < -0.3 is 14.8 Å². The molecule has 2 N–H and O–H groups in total. The van der Waals surface area contributed by atoms with Crippen LogP contribution in [0.2, 0.25) is 0 Å². The van der Waals surface area contributed by atoms with Crippen LogP contribution < -0.4 is 20.2 Å². The second-order valence-corrected chi connectivity index (χ2v) is 8.87. The fourth-order valence-corrected chi connectivity index (χ4v) is 4.17. The van der Waals surface area contributed by atoms with Crippen molar-refractivity contribution in [2.45, 2.75) is 13.8 Å². The third-order valence-corrected chi connectivity index (χ3v) is 6.15. The summed E-state index contributed by atoms with van der Waals surface area (Å²) in [6.07, 6.45) is 1.67. The zero-order chi connectivity index (χ0) is 24.8. The predicted molar refractivity (Wildman–Crippen MR) is 142 cm³/mol. The molecule has 1 amide bonds. The molecular weight excluding hydrogens is 460 g/mol. The number of hydrazone groups is 1. The van der Waals surface area contributed by atoms with Crippen LogP contribution >= 0.6 is 11.3 Å². The number of nitrogens with zero attached hydrogens (tertiary/aromatic N) is 2. The second kappa shape index (κ2) is 10.8. The van der Waals surface area contributed by atoms with Gasteiger partial charge in [-0.2, -0.15) is 5.10 Å². The Morgan fingerprint density at radius 2 is 1.57 bits per heavy atom. The van der Waals surface area contributed by atoms with E-state index in [9.17, 15) is 4.79 Å². The van der Waals surface area contributed by atoms with Crippen LogP contribution in [-0.2, 0) is 0 Å². The number of hydrogen-bond acceptors (Lipinski definition) is 7. The Bertz CT molecular complexity index is 1350. The van der Waals surface area contributed by atoms with E-state index >= 15 is 0 Å². The fourth-order valence-electron chi connectivity index (χ4n) is 3.34. The van der Waals surface area contributed by atoms with Gasteiger partial charge in [0.05, 0.1) is 20.4 Å². The molecule has 0 aliphatic carbocycles. The van der Waals surface area contributed by atoms with E-state index in [4.69, 9.17) is 14.5 Å². The van der Waals surface area contributed by atoms with E-state index in [0.717, 1.165) is 22.3 Å². The van der Waals surface area contributed by atoms with Crippen LogP contribution in [0.15, 0.2) is 71.8 Å². The van der Waals surface area contributed by atoms with Crippen LogP contribution in [0.25, 0.3) is 11.3 Å². The quantitative estimate of drug-likeness (QED) is 0.231. The van der Waals surface area contributed by atoms with Gasteiger partial charge in [0.2, 0.25) is 5.13 Å². The van der Waals surface area contributed by atoms with Gasteiger partial charge in [-0.3, -0.25) is 10.2 Å². The van der Waals surface area contributed by atoms with Crippen molar-refractivity contribution >= 4 is 33.6 Å². The summed E-state index contributed by atoms with van der Waals surface area (Å²) in [4.78, 5) is 17.6. The average Bonchev–Trinajstić information content (AvgIpc) is 3.27. The number of amides is 1. The van der Waals surface area contributed by atoms with Crippen molar-refractivity contribution in [2.24, 2.45) is 5.10 Å². The van der Waals surface area contributed by atoms with Gasteiger partial charge in [-0.15, -0.1) is 0 Å². The molecule has 4 aromatic rings. The average molecular weight is 487 g/mol. The van der Waals surface area contributed by atoms with Crippen LogP contribution in [0.5, 0.6) is 11.5 Å². The van der Waals surface area contributed by atoms with Crippen molar-refractivity contribution in [3.63, 3.8) is 0 Å². The lowest BCUT2D eigenvalue weighted by Crippen LogP contribution is -2.11. The molecule has 1 aromatic heterocycles. The highest BCUT2D eigenvalue weighted by Crippen LogP contribution is 2.36. The molecule has 8 heteroatoms. The van der Waals surface area contributed by atoms with E-state index in [-0.39, 0.29) is 5.91 Å². The lowest BCUT2D eigenvalue weighted by atomic mass is 10.1. The Morgan fingerprint density at radius 3 is 2.23 bits per heavy atom. The number of methoxy groups -OCH3 is 2. The number of carbonyl (C=O) groups is 1.